The van der Waals surface area contributed by atoms with Crippen molar-refractivity contribution in [2.24, 2.45) is 0 Å². The molecule has 0 aliphatic rings. The first-order chi connectivity index (χ1) is 10.5. The number of nitrogens with zero attached hydrogens (tertiary/aromatic N) is 3. The number of benzene rings is 1. The number of carboxylic acids is 1. The van der Waals surface area contributed by atoms with Crippen LogP contribution in [0.15, 0.2) is 30.5 Å². The van der Waals surface area contributed by atoms with E-state index in [2.05, 4.69) is 15.2 Å². The number of nitrogen functional groups attached to an aromatic ring is 1. The van der Waals surface area contributed by atoms with Crippen molar-refractivity contribution < 1.29 is 18.7 Å². The van der Waals surface area contributed by atoms with Crippen LogP contribution in [0.3, 0.4) is 0 Å². The van der Waals surface area contributed by atoms with Crippen LogP contribution in [-0.4, -0.2) is 30.8 Å². The number of carboxylic acid groups (broad SMARTS) is 1. The number of nitrogens with two attached hydrogens (primary N) is 1. The Hall–Kier alpha value is -3.23. The molecule has 0 atom stereocenters. The smallest absolute Gasteiger partial charge is 0.352 e. The normalized spacial score (nSPS) is 10.8. The predicted molar refractivity (Wildman–Crippen MR) is 72.4 cm³/mol. The van der Waals surface area contributed by atoms with E-state index in [1.165, 1.54) is 24.4 Å². The van der Waals surface area contributed by atoms with E-state index in [0.717, 1.165) is 10.6 Å². The Balaban J connectivity index is 2.19. The molecule has 0 aliphatic heterocycles. The van der Waals surface area contributed by atoms with E-state index in [0.29, 0.717) is 5.56 Å². The summed E-state index contributed by atoms with van der Waals surface area (Å²) >= 11 is 0. The van der Waals surface area contributed by atoms with E-state index in [1.807, 2.05) is 0 Å². The Bertz CT molecular complexity index is 871. The Kier molecular flexibility index (Phi) is 3.09. The maximum Gasteiger partial charge on any atom is 0.352 e. The van der Waals surface area contributed by atoms with Gasteiger partial charge in [-0.3, -0.25) is 4.57 Å². The number of aromatic carboxylic acids is 1. The van der Waals surface area contributed by atoms with E-state index >= 15 is 0 Å². The Morgan fingerprint density at radius 2 is 2.09 bits per heavy atom. The third kappa shape index (κ3) is 2.08. The topological polar surface area (TPSA) is 110 Å². The largest absolute Gasteiger partial charge is 0.477 e. The summed E-state index contributed by atoms with van der Waals surface area (Å²) in [5.41, 5.74) is 5.74. The van der Waals surface area contributed by atoms with Gasteiger partial charge in [0.2, 0.25) is 5.95 Å². The van der Waals surface area contributed by atoms with Gasteiger partial charge in [-0.05, 0) is 18.2 Å². The lowest BCUT2D eigenvalue weighted by molar-refractivity contribution is 0.0691. The van der Waals surface area contributed by atoms with Crippen molar-refractivity contribution in [2.75, 3.05) is 5.73 Å². The number of anilines is 1. The van der Waals surface area contributed by atoms with Crippen LogP contribution >= 0.6 is 0 Å². The lowest BCUT2D eigenvalue weighted by Gasteiger charge is -2.08. The molecule has 0 fully saturated rings. The number of hydrogen-bond acceptors (Lipinski definition) is 4. The Labute approximate surface area is 122 Å². The molecule has 4 N–H and O–H groups in total. The minimum Gasteiger partial charge on any atom is -0.477 e. The summed E-state index contributed by atoms with van der Waals surface area (Å²) in [6, 6.07) is 4.89. The van der Waals surface area contributed by atoms with Gasteiger partial charge >= 0.3 is 5.97 Å². The van der Waals surface area contributed by atoms with Crippen LogP contribution in [0.25, 0.3) is 17.1 Å². The summed E-state index contributed by atoms with van der Waals surface area (Å²) in [6.45, 7) is 0. The zero-order chi connectivity index (χ0) is 15.9. The number of aromatic nitrogens is 4. The summed E-state index contributed by atoms with van der Waals surface area (Å²) in [4.78, 5) is 13.4. The molecule has 9 heteroatoms. The summed E-state index contributed by atoms with van der Waals surface area (Å²) < 4.78 is 28.5. The molecule has 112 valence electrons. The molecule has 3 aromatic rings. The number of nitrogens with one attached hydrogen (secondary N) is 1. The van der Waals surface area contributed by atoms with Gasteiger partial charge in [0.05, 0.1) is 5.69 Å². The molecule has 1 aromatic carbocycles. The molecule has 0 aliphatic carbocycles. The number of aromatic amines is 1. The van der Waals surface area contributed by atoms with Crippen molar-refractivity contribution in [1.29, 1.82) is 0 Å². The zero-order valence-electron chi connectivity index (χ0n) is 10.9. The zero-order valence-corrected chi connectivity index (χ0v) is 10.9. The van der Waals surface area contributed by atoms with Gasteiger partial charge in [-0.15, -0.1) is 10.2 Å². The molecule has 0 radical (unpaired) electrons. The fourth-order valence-electron chi connectivity index (χ4n) is 2.03. The van der Waals surface area contributed by atoms with E-state index in [9.17, 15) is 13.6 Å². The second-order valence-corrected chi connectivity index (χ2v) is 4.40. The van der Waals surface area contributed by atoms with Crippen molar-refractivity contribution >= 4 is 11.9 Å². The van der Waals surface area contributed by atoms with Crippen molar-refractivity contribution in [3.8, 4) is 17.1 Å². The van der Waals surface area contributed by atoms with E-state index in [-0.39, 0.29) is 23.2 Å². The SMILES string of the molecule is Nc1nnc(-c2c[nH]c(C(=O)O)c2)n1-c1cccc(F)c1F. The molecule has 0 spiro atoms. The quantitative estimate of drug-likeness (QED) is 0.683. The molecular formula is C13H9F2N5O2. The highest BCUT2D eigenvalue weighted by Crippen LogP contribution is 2.26. The van der Waals surface area contributed by atoms with Crippen LogP contribution in [0.5, 0.6) is 0 Å². The summed E-state index contributed by atoms with van der Waals surface area (Å²) in [5.74, 6) is -3.38. The van der Waals surface area contributed by atoms with Crippen LogP contribution in [-0.2, 0) is 0 Å². The summed E-state index contributed by atoms with van der Waals surface area (Å²) in [5, 5.41) is 16.3. The lowest BCUT2D eigenvalue weighted by atomic mass is 10.2. The maximum absolute atomic E-state index is 14.0. The number of rotatable bonds is 3. The average Bonchev–Trinajstić information content (AvgIpc) is 3.09. The van der Waals surface area contributed by atoms with Crippen molar-refractivity contribution in [1.82, 2.24) is 19.7 Å². The van der Waals surface area contributed by atoms with Gasteiger partial charge in [-0.25, -0.2) is 13.6 Å². The van der Waals surface area contributed by atoms with Crippen molar-refractivity contribution in [3.63, 3.8) is 0 Å². The third-order valence-electron chi connectivity index (χ3n) is 3.03. The van der Waals surface area contributed by atoms with Crippen molar-refractivity contribution in [2.45, 2.75) is 0 Å². The fourth-order valence-corrected chi connectivity index (χ4v) is 2.03. The van der Waals surface area contributed by atoms with Crippen LogP contribution in [0.4, 0.5) is 14.7 Å². The third-order valence-corrected chi connectivity index (χ3v) is 3.03. The standard InChI is InChI=1S/C13H9F2N5O2/c14-7-2-1-3-9(10(7)15)20-11(18-19-13(20)16)6-4-8(12(21)22)17-5-6/h1-5,17H,(H2,16,19)(H,21,22). The van der Waals surface area contributed by atoms with Gasteiger partial charge in [0.15, 0.2) is 17.5 Å². The van der Waals surface area contributed by atoms with Gasteiger partial charge < -0.3 is 15.8 Å². The number of carbonyl (C=O) groups is 1. The molecule has 2 aromatic heterocycles. The first kappa shape index (κ1) is 13.7. The minimum atomic E-state index is -1.16. The number of halogens is 2. The molecule has 0 unspecified atom stereocenters. The first-order valence-electron chi connectivity index (χ1n) is 6.06. The summed E-state index contributed by atoms with van der Waals surface area (Å²) in [7, 11) is 0. The van der Waals surface area contributed by atoms with E-state index < -0.39 is 17.6 Å². The molecule has 0 saturated heterocycles. The number of H-pyrrole nitrogens is 1. The number of hydrogen-bond donors (Lipinski definition) is 3. The molecule has 2 heterocycles. The molecule has 0 amide bonds. The Morgan fingerprint density at radius 1 is 1.32 bits per heavy atom. The fraction of sp³-hybridized carbons (Fsp3) is 0. The van der Waals surface area contributed by atoms with Crippen LogP contribution in [0.2, 0.25) is 0 Å². The van der Waals surface area contributed by atoms with Crippen molar-refractivity contribution in [3.05, 3.63) is 47.8 Å². The van der Waals surface area contributed by atoms with E-state index in [1.54, 1.807) is 0 Å². The van der Waals surface area contributed by atoms with Gasteiger partial charge in [-0.1, -0.05) is 6.07 Å². The van der Waals surface area contributed by atoms with E-state index in [4.69, 9.17) is 10.8 Å². The predicted octanol–water partition coefficient (Wildman–Crippen LogP) is 1.82. The second-order valence-electron chi connectivity index (χ2n) is 4.40. The first-order valence-corrected chi connectivity index (χ1v) is 6.06. The Morgan fingerprint density at radius 3 is 2.77 bits per heavy atom. The minimum absolute atomic E-state index is 0.0807. The summed E-state index contributed by atoms with van der Waals surface area (Å²) in [6.07, 6.45) is 1.36. The highest BCUT2D eigenvalue weighted by Gasteiger charge is 2.20. The van der Waals surface area contributed by atoms with Crippen LogP contribution < -0.4 is 5.73 Å². The molecular weight excluding hydrogens is 296 g/mol. The highest BCUT2D eigenvalue weighted by molar-refractivity contribution is 5.87. The molecule has 7 nitrogen and oxygen atoms in total. The van der Waals surface area contributed by atoms with Gasteiger partial charge in [0, 0.05) is 11.8 Å². The second kappa shape index (κ2) is 4.95. The van der Waals surface area contributed by atoms with Crippen LogP contribution in [0, 0.1) is 11.6 Å². The van der Waals surface area contributed by atoms with Crippen LogP contribution in [0.1, 0.15) is 10.5 Å². The maximum atomic E-state index is 14.0. The molecule has 22 heavy (non-hydrogen) atoms. The van der Waals surface area contributed by atoms with Gasteiger partial charge in [0.25, 0.3) is 0 Å². The average molecular weight is 305 g/mol. The molecule has 3 rings (SSSR count). The molecule has 0 saturated carbocycles. The molecule has 0 bridgehead atoms. The lowest BCUT2D eigenvalue weighted by Crippen LogP contribution is -2.05. The highest BCUT2D eigenvalue weighted by atomic mass is 19.2. The monoisotopic (exact) mass is 305 g/mol. The van der Waals surface area contributed by atoms with Gasteiger partial charge in [0.1, 0.15) is 5.69 Å². The van der Waals surface area contributed by atoms with Gasteiger partial charge in [-0.2, -0.15) is 0 Å².